The molecule has 3 heteroatoms. The molecule has 1 aromatic heterocycles. The van der Waals surface area contributed by atoms with Crippen molar-refractivity contribution >= 4 is 6.29 Å². The summed E-state index contributed by atoms with van der Waals surface area (Å²) in [5, 5.41) is 0. The Morgan fingerprint density at radius 3 is 3.00 bits per heavy atom. The molecule has 0 unspecified atom stereocenters. The van der Waals surface area contributed by atoms with Crippen LogP contribution in [0.15, 0.2) is 12.1 Å². The van der Waals surface area contributed by atoms with Crippen molar-refractivity contribution in [3.05, 3.63) is 23.5 Å². The Balaban J connectivity index is 2.51. The van der Waals surface area contributed by atoms with Crippen molar-refractivity contribution in [3.8, 4) is 0 Å². The van der Waals surface area contributed by atoms with E-state index in [4.69, 9.17) is 4.74 Å². The van der Waals surface area contributed by atoms with Gasteiger partial charge in [0.1, 0.15) is 0 Å². The lowest BCUT2D eigenvalue weighted by Crippen LogP contribution is -1.91. The van der Waals surface area contributed by atoms with E-state index in [1.54, 1.807) is 6.07 Å². The maximum absolute atomic E-state index is 10.2. The van der Waals surface area contributed by atoms with E-state index in [0.717, 1.165) is 12.0 Å². The number of aldehydes is 1. The first-order valence-electron chi connectivity index (χ1n) is 3.57. The molecule has 0 fully saturated rings. The van der Waals surface area contributed by atoms with Crippen LogP contribution in [0.4, 0.5) is 0 Å². The summed E-state index contributed by atoms with van der Waals surface area (Å²) < 4.78 is 5.13. The molecular weight excluding hydrogens is 142 g/mol. The summed E-state index contributed by atoms with van der Waals surface area (Å²) in [6.45, 7) is 3.17. The first-order chi connectivity index (χ1) is 5.36. The van der Waals surface area contributed by atoms with Gasteiger partial charge in [-0.3, -0.25) is 4.79 Å². The van der Waals surface area contributed by atoms with E-state index in [1.165, 1.54) is 0 Å². The first-order valence-corrected chi connectivity index (χ1v) is 3.57. The zero-order chi connectivity index (χ0) is 8.10. The Morgan fingerprint density at radius 2 is 2.45 bits per heavy atom. The Kier molecular flexibility index (Phi) is 2.86. The number of carbonyl (C=O) groups excluding carboxylic acids is 1. The van der Waals surface area contributed by atoms with Crippen LogP contribution in [0.25, 0.3) is 0 Å². The molecule has 3 nitrogen and oxygen atoms in total. The predicted octanol–water partition coefficient (Wildman–Crippen LogP) is 1.36. The summed E-state index contributed by atoms with van der Waals surface area (Å²) in [6.07, 6.45) is 0.787. The number of aromatic amines is 1. The van der Waals surface area contributed by atoms with Crippen molar-refractivity contribution in [1.82, 2.24) is 4.98 Å². The van der Waals surface area contributed by atoms with Crippen LogP contribution in [0.1, 0.15) is 23.1 Å². The zero-order valence-electron chi connectivity index (χ0n) is 6.46. The van der Waals surface area contributed by atoms with Gasteiger partial charge in [0.25, 0.3) is 0 Å². The monoisotopic (exact) mass is 153 g/mol. The van der Waals surface area contributed by atoms with Gasteiger partial charge in [0.2, 0.25) is 0 Å². The standard InChI is InChI=1S/C8H11NO2/c1-2-11-6-8-4-3-7(5-10)9-8/h3-5,9H,2,6H2,1H3. The lowest BCUT2D eigenvalue weighted by Gasteiger charge is -1.95. The van der Waals surface area contributed by atoms with E-state index in [-0.39, 0.29) is 0 Å². The maximum atomic E-state index is 10.2. The molecule has 0 aromatic carbocycles. The molecule has 0 radical (unpaired) electrons. The van der Waals surface area contributed by atoms with Crippen molar-refractivity contribution in [2.75, 3.05) is 6.61 Å². The molecule has 0 atom stereocenters. The van der Waals surface area contributed by atoms with Gasteiger partial charge in [0, 0.05) is 12.3 Å². The van der Waals surface area contributed by atoms with E-state index >= 15 is 0 Å². The highest BCUT2D eigenvalue weighted by molar-refractivity contribution is 5.71. The fraction of sp³-hybridized carbons (Fsp3) is 0.375. The van der Waals surface area contributed by atoms with Gasteiger partial charge in [-0.2, -0.15) is 0 Å². The van der Waals surface area contributed by atoms with Gasteiger partial charge in [0.05, 0.1) is 12.3 Å². The Bertz CT molecular complexity index is 230. The third-order valence-electron chi connectivity index (χ3n) is 1.36. The summed E-state index contributed by atoms with van der Waals surface area (Å²) in [4.78, 5) is 13.1. The average molecular weight is 153 g/mol. The number of H-pyrrole nitrogens is 1. The molecule has 1 heterocycles. The van der Waals surface area contributed by atoms with Gasteiger partial charge in [-0.1, -0.05) is 0 Å². The third-order valence-corrected chi connectivity index (χ3v) is 1.36. The van der Waals surface area contributed by atoms with Crippen LogP contribution in [0, 0.1) is 0 Å². The highest BCUT2D eigenvalue weighted by atomic mass is 16.5. The highest BCUT2D eigenvalue weighted by Crippen LogP contribution is 2.00. The SMILES string of the molecule is CCOCc1ccc(C=O)[nH]1. The van der Waals surface area contributed by atoms with Gasteiger partial charge >= 0.3 is 0 Å². The van der Waals surface area contributed by atoms with Gasteiger partial charge < -0.3 is 9.72 Å². The molecular formula is C8H11NO2. The van der Waals surface area contributed by atoms with Crippen LogP contribution in [0.5, 0.6) is 0 Å². The lowest BCUT2D eigenvalue weighted by molar-refractivity contribution is 0.111. The second-order valence-electron chi connectivity index (χ2n) is 2.19. The summed E-state index contributed by atoms with van der Waals surface area (Å²) in [6, 6.07) is 3.58. The normalized spacial score (nSPS) is 9.91. The van der Waals surface area contributed by atoms with Crippen molar-refractivity contribution in [3.63, 3.8) is 0 Å². The first kappa shape index (κ1) is 8.01. The number of hydrogen-bond donors (Lipinski definition) is 1. The number of rotatable bonds is 4. The number of ether oxygens (including phenoxy) is 1. The molecule has 1 rings (SSSR count). The number of aromatic nitrogens is 1. The minimum atomic E-state index is 0.546. The fourth-order valence-electron chi connectivity index (χ4n) is 0.824. The van der Waals surface area contributed by atoms with Crippen LogP contribution in [0.2, 0.25) is 0 Å². The van der Waals surface area contributed by atoms with Crippen molar-refractivity contribution in [2.24, 2.45) is 0 Å². The quantitative estimate of drug-likeness (QED) is 0.663. The minimum absolute atomic E-state index is 0.546. The summed E-state index contributed by atoms with van der Waals surface area (Å²) in [5.74, 6) is 0. The van der Waals surface area contributed by atoms with E-state index in [1.807, 2.05) is 13.0 Å². The highest BCUT2D eigenvalue weighted by Gasteiger charge is 1.95. The maximum Gasteiger partial charge on any atom is 0.166 e. The smallest absolute Gasteiger partial charge is 0.166 e. The molecule has 0 aliphatic rings. The molecule has 0 aliphatic carbocycles. The number of nitrogens with one attached hydrogen (secondary N) is 1. The molecule has 60 valence electrons. The van der Waals surface area contributed by atoms with Gasteiger partial charge in [-0.15, -0.1) is 0 Å². The van der Waals surface area contributed by atoms with Gasteiger partial charge in [0.15, 0.2) is 6.29 Å². The van der Waals surface area contributed by atoms with Gasteiger partial charge in [-0.25, -0.2) is 0 Å². The fourth-order valence-corrected chi connectivity index (χ4v) is 0.824. The Labute approximate surface area is 65.4 Å². The van der Waals surface area contributed by atoms with Crippen LogP contribution < -0.4 is 0 Å². The molecule has 0 spiro atoms. The second kappa shape index (κ2) is 3.93. The molecule has 0 saturated heterocycles. The summed E-state index contributed by atoms with van der Waals surface area (Å²) >= 11 is 0. The van der Waals surface area contributed by atoms with E-state index < -0.39 is 0 Å². The third kappa shape index (κ3) is 2.20. The topological polar surface area (TPSA) is 42.1 Å². The number of carbonyl (C=O) groups is 1. The predicted molar refractivity (Wildman–Crippen MR) is 41.5 cm³/mol. The second-order valence-corrected chi connectivity index (χ2v) is 2.19. The van der Waals surface area contributed by atoms with Crippen molar-refractivity contribution in [1.29, 1.82) is 0 Å². The molecule has 0 saturated carbocycles. The van der Waals surface area contributed by atoms with E-state index in [2.05, 4.69) is 4.98 Å². The van der Waals surface area contributed by atoms with E-state index in [9.17, 15) is 4.79 Å². The minimum Gasteiger partial charge on any atom is -0.376 e. The van der Waals surface area contributed by atoms with Crippen molar-refractivity contribution < 1.29 is 9.53 Å². The lowest BCUT2D eigenvalue weighted by atomic mass is 10.4. The van der Waals surface area contributed by atoms with Crippen LogP contribution in [-0.4, -0.2) is 17.9 Å². The Hall–Kier alpha value is -1.09. The molecule has 0 bridgehead atoms. The van der Waals surface area contributed by atoms with Crippen molar-refractivity contribution in [2.45, 2.75) is 13.5 Å². The molecule has 11 heavy (non-hydrogen) atoms. The Morgan fingerprint density at radius 1 is 1.64 bits per heavy atom. The molecule has 1 aromatic rings. The molecule has 0 amide bonds. The zero-order valence-corrected chi connectivity index (χ0v) is 6.46. The molecule has 1 N–H and O–H groups in total. The summed E-state index contributed by atoms with van der Waals surface area (Å²) in [5.41, 5.74) is 1.54. The average Bonchev–Trinajstić information content (AvgIpc) is 2.48. The molecule has 0 aliphatic heterocycles. The van der Waals surface area contributed by atoms with Crippen LogP contribution in [0.3, 0.4) is 0 Å². The van der Waals surface area contributed by atoms with E-state index in [0.29, 0.717) is 18.9 Å². The van der Waals surface area contributed by atoms with Crippen LogP contribution in [-0.2, 0) is 11.3 Å². The van der Waals surface area contributed by atoms with Crippen LogP contribution >= 0.6 is 0 Å². The van der Waals surface area contributed by atoms with Gasteiger partial charge in [-0.05, 0) is 19.1 Å². The summed E-state index contributed by atoms with van der Waals surface area (Å²) in [7, 11) is 0. The largest absolute Gasteiger partial charge is 0.376 e. The number of hydrogen-bond acceptors (Lipinski definition) is 2.